The topological polar surface area (TPSA) is 53.1 Å². The van der Waals surface area contributed by atoms with Gasteiger partial charge in [0.25, 0.3) is 0 Å². The zero-order valence-electron chi connectivity index (χ0n) is 9.34. The molecule has 0 atom stereocenters. The number of aryl methyl sites for hydroxylation is 1. The Labute approximate surface area is 109 Å². The highest BCUT2D eigenvalue weighted by atomic mass is 79.9. The molecule has 0 radical (unpaired) electrons. The van der Waals surface area contributed by atoms with Crippen LogP contribution in [0.25, 0.3) is 0 Å². The third-order valence-corrected chi connectivity index (χ3v) is 2.72. The molecule has 1 heterocycles. The Kier molecular flexibility index (Phi) is 4.03. The Morgan fingerprint density at radius 1 is 1.35 bits per heavy atom. The van der Waals surface area contributed by atoms with Crippen LogP contribution in [0.15, 0.2) is 41.1 Å². The molecule has 1 aromatic heterocycles. The summed E-state index contributed by atoms with van der Waals surface area (Å²) in [7, 11) is 0. The van der Waals surface area contributed by atoms with Crippen LogP contribution >= 0.6 is 15.9 Å². The molecule has 4 nitrogen and oxygen atoms in total. The van der Waals surface area contributed by atoms with Gasteiger partial charge in [0.05, 0.1) is 23.0 Å². The van der Waals surface area contributed by atoms with Crippen molar-refractivity contribution in [3.8, 4) is 5.75 Å². The molecule has 1 aromatic carbocycles. The van der Waals surface area contributed by atoms with Crippen LogP contribution in [0.5, 0.6) is 5.75 Å². The number of rotatable bonds is 5. The van der Waals surface area contributed by atoms with E-state index in [0.717, 1.165) is 23.2 Å². The molecule has 5 heteroatoms. The fourth-order valence-corrected chi connectivity index (χ4v) is 1.81. The molecule has 0 aliphatic carbocycles. The van der Waals surface area contributed by atoms with Gasteiger partial charge in [-0.05, 0) is 28.1 Å². The zero-order chi connectivity index (χ0) is 12.1. The van der Waals surface area contributed by atoms with Gasteiger partial charge in [0, 0.05) is 19.2 Å². The molecule has 0 amide bonds. The van der Waals surface area contributed by atoms with Crippen LogP contribution in [0.2, 0.25) is 0 Å². The third-order valence-electron chi connectivity index (χ3n) is 2.31. The first-order valence-corrected chi connectivity index (χ1v) is 6.20. The summed E-state index contributed by atoms with van der Waals surface area (Å²) >= 11 is 3.36. The first-order valence-electron chi connectivity index (χ1n) is 5.41. The van der Waals surface area contributed by atoms with E-state index in [0.29, 0.717) is 12.3 Å². The summed E-state index contributed by atoms with van der Waals surface area (Å²) in [5.74, 6) is 0.745. The molecule has 90 valence electrons. The predicted molar refractivity (Wildman–Crippen MR) is 70.9 cm³/mol. The van der Waals surface area contributed by atoms with Crippen LogP contribution in [-0.4, -0.2) is 16.4 Å². The van der Waals surface area contributed by atoms with Crippen LogP contribution in [0.3, 0.4) is 0 Å². The molecule has 0 unspecified atom stereocenters. The van der Waals surface area contributed by atoms with Crippen molar-refractivity contribution in [2.75, 3.05) is 12.3 Å². The lowest BCUT2D eigenvalue weighted by atomic mass is 10.3. The van der Waals surface area contributed by atoms with Gasteiger partial charge in [0.1, 0.15) is 5.75 Å². The van der Waals surface area contributed by atoms with E-state index >= 15 is 0 Å². The Morgan fingerprint density at radius 2 is 2.18 bits per heavy atom. The van der Waals surface area contributed by atoms with Gasteiger partial charge in [0.15, 0.2) is 0 Å². The second-order valence-corrected chi connectivity index (χ2v) is 4.58. The van der Waals surface area contributed by atoms with E-state index in [4.69, 9.17) is 10.5 Å². The Balaban J connectivity index is 1.75. The SMILES string of the molecule is Nc1ccccc1OCCCn1cc(Br)cn1. The van der Waals surface area contributed by atoms with E-state index in [2.05, 4.69) is 21.0 Å². The fraction of sp³-hybridized carbons (Fsp3) is 0.250. The average Bonchev–Trinajstić information content (AvgIpc) is 2.73. The average molecular weight is 296 g/mol. The van der Waals surface area contributed by atoms with Gasteiger partial charge in [-0.1, -0.05) is 12.1 Å². The van der Waals surface area contributed by atoms with Crippen LogP contribution in [-0.2, 0) is 6.54 Å². The highest BCUT2D eigenvalue weighted by molar-refractivity contribution is 9.10. The lowest BCUT2D eigenvalue weighted by molar-refractivity contribution is 0.300. The van der Waals surface area contributed by atoms with Crippen molar-refractivity contribution in [2.24, 2.45) is 0 Å². The van der Waals surface area contributed by atoms with E-state index in [9.17, 15) is 0 Å². The van der Waals surface area contributed by atoms with Gasteiger partial charge in [0.2, 0.25) is 0 Å². The quantitative estimate of drug-likeness (QED) is 0.682. The maximum absolute atomic E-state index is 5.77. The van der Waals surface area contributed by atoms with E-state index in [1.54, 1.807) is 6.20 Å². The zero-order valence-corrected chi connectivity index (χ0v) is 10.9. The number of nitrogens with zero attached hydrogens (tertiary/aromatic N) is 2. The normalized spacial score (nSPS) is 10.4. The monoisotopic (exact) mass is 295 g/mol. The number of halogens is 1. The summed E-state index contributed by atoms with van der Waals surface area (Å²) in [6, 6.07) is 7.51. The molecule has 0 spiro atoms. The van der Waals surface area contributed by atoms with Crippen molar-refractivity contribution >= 4 is 21.6 Å². The minimum absolute atomic E-state index is 0.631. The molecule has 2 rings (SSSR count). The van der Waals surface area contributed by atoms with E-state index in [-0.39, 0.29) is 0 Å². The van der Waals surface area contributed by atoms with Crippen molar-refractivity contribution in [1.82, 2.24) is 9.78 Å². The van der Waals surface area contributed by atoms with E-state index in [1.807, 2.05) is 35.1 Å². The molecule has 0 bridgehead atoms. The highest BCUT2D eigenvalue weighted by Crippen LogP contribution is 2.19. The molecule has 17 heavy (non-hydrogen) atoms. The van der Waals surface area contributed by atoms with Crippen molar-refractivity contribution in [3.63, 3.8) is 0 Å². The van der Waals surface area contributed by atoms with Gasteiger partial charge < -0.3 is 10.5 Å². The van der Waals surface area contributed by atoms with Crippen molar-refractivity contribution in [2.45, 2.75) is 13.0 Å². The molecular formula is C12H14BrN3O. The summed E-state index contributed by atoms with van der Waals surface area (Å²) in [6.45, 7) is 1.46. The van der Waals surface area contributed by atoms with Crippen molar-refractivity contribution in [1.29, 1.82) is 0 Å². The molecule has 2 aromatic rings. The summed E-state index contributed by atoms with van der Waals surface area (Å²) in [6.07, 6.45) is 4.61. The lowest BCUT2D eigenvalue weighted by Crippen LogP contribution is -2.05. The number of nitrogen functional groups attached to an aromatic ring is 1. The standard InChI is InChI=1S/C12H14BrN3O/c13-10-8-15-16(9-10)6-3-7-17-12-5-2-1-4-11(12)14/h1-2,4-5,8-9H,3,6-7,14H2. The van der Waals surface area contributed by atoms with Crippen molar-refractivity contribution < 1.29 is 4.74 Å². The molecule has 0 fully saturated rings. The van der Waals surface area contributed by atoms with Gasteiger partial charge in [-0.15, -0.1) is 0 Å². The first-order chi connectivity index (χ1) is 8.25. The van der Waals surface area contributed by atoms with Gasteiger partial charge in [-0.2, -0.15) is 5.10 Å². The van der Waals surface area contributed by atoms with Crippen LogP contribution < -0.4 is 10.5 Å². The summed E-state index contributed by atoms with van der Waals surface area (Å²) in [4.78, 5) is 0. The number of aromatic nitrogens is 2. The number of ether oxygens (including phenoxy) is 1. The minimum atomic E-state index is 0.631. The lowest BCUT2D eigenvalue weighted by Gasteiger charge is -2.08. The predicted octanol–water partition coefficient (Wildman–Crippen LogP) is 2.70. The van der Waals surface area contributed by atoms with E-state index < -0.39 is 0 Å². The maximum Gasteiger partial charge on any atom is 0.142 e. The number of hydrogen-bond acceptors (Lipinski definition) is 3. The number of para-hydroxylation sites is 2. The summed E-state index contributed by atoms with van der Waals surface area (Å²) in [5, 5.41) is 4.17. The fourth-order valence-electron chi connectivity index (χ4n) is 1.48. The maximum atomic E-state index is 5.77. The molecule has 2 N–H and O–H groups in total. The van der Waals surface area contributed by atoms with Gasteiger partial charge in [-0.25, -0.2) is 0 Å². The Morgan fingerprint density at radius 3 is 2.88 bits per heavy atom. The summed E-state index contributed by atoms with van der Waals surface area (Å²) in [5.41, 5.74) is 6.44. The number of benzene rings is 1. The largest absolute Gasteiger partial charge is 0.491 e. The van der Waals surface area contributed by atoms with Gasteiger partial charge >= 0.3 is 0 Å². The molecule has 0 saturated carbocycles. The van der Waals surface area contributed by atoms with Gasteiger partial charge in [-0.3, -0.25) is 4.68 Å². The Bertz CT molecular complexity index is 484. The molecule has 0 aliphatic rings. The van der Waals surface area contributed by atoms with Crippen LogP contribution in [0.4, 0.5) is 5.69 Å². The third kappa shape index (κ3) is 3.49. The second kappa shape index (κ2) is 5.72. The molecular weight excluding hydrogens is 282 g/mol. The smallest absolute Gasteiger partial charge is 0.142 e. The Hall–Kier alpha value is -1.49. The van der Waals surface area contributed by atoms with Crippen LogP contribution in [0, 0.1) is 0 Å². The number of hydrogen-bond donors (Lipinski definition) is 1. The first kappa shape index (κ1) is 12.0. The number of anilines is 1. The molecule has 0 aliphatic heterocycles. The highest BCUT2D eigenvalue weighted by Gasteiger charge is 1.99. The minimum Gasteiger partial charge on any atom is -0.491 e. The van der Waals surface area contributed by atoms with Crippen molar-refractivity contribution in [3.05, 3.63) is 41.1 Å². The summed E-state index contributed by atoms with van der Waals surface area (Å²) < 4.78 is 8.46. The number of nitrogens with two attached hydrogens (primary N) is 1. The molecule has 0 saturated heterocycles. The van der Waals surface area contributed by atoms with E-state index in [1.165, 1.54) is 0 Å². The second-order valence-electron chi connectivity index (χ2n) is 3.66. The van der Waals surface area contributed by atoms with Crippen LogP contribution in [0.1, 0.15) is 6.42 Å².